The molecule has 9 nitrogen and oxygen atoms in total. The van der Waals surface area contributed by atoms with Gasteiger partial charge in [0.1, 0.15) is 5.56 Å². The van der Waals surface area contributed by atoms with Gasteiger partial charge in [-0.2, -0.15) is 10.2 Å². The number of ether oxygens (including phenoxy) is 2. The van der Waals surface area contributed by atoms with E-state index >= 15 is 0 Å². The van der Waals surface area contributed by atoms with E-state index in [0.29, 0.717) is 0 Å². The SMILES string of the molecule is COC(=O)c1c(C(C)(O)OC)oc2c1C(=O)c1cnncc1C2=O. The number of methoxy groups -OCH3 is 2. The van der Waals surface area contributed by atoms with Crippen molar-refractivity contribution in [3.63, 3.8) is 0 Å². The molecular weight excluding hydrogens is 320 g/mol. The Hall–Kier alpha value is -2.91. The summed E-state index contributed by atoms with van der Waals surface area (Å²) in [6, 6.07) is 0. The second-order valence-corrected chi connectivity index (χ2v) is 5.16. The van der Waals surface area contributed by atoms with E-state index in [1.54, 1.807) is 0 Å². The summed E-state index contributed by atoms with van der Waals surface area (Å²) in [5, 5.41) is 17.4. The summed E-state index contributed by atoms with van der Waals surface area (Å²) >= 11 is 0. The van der Waals surface area contributed by atoms with Gasteiger partial charge in [0.2, 0.25) is 11.6 Å². The highest BCUT2D eigenvalue weighted by Gasteiger charge is 2.44. The molecule has 0 spiro atoms. The molecule has 1 N–H and O–H groups in total. The Morgan fingerprint density at radius 3 is 2.29 bits per heavy atom. The highest BCUT2D eigenvalue weighted by atomic mass is 16.6. The van der Waals surface area contributed by atoms with Crippen LogP contribution in [0.5, 0.6) is 0 Å². The number of rotatable bonds is 3. The van der Waals surface area contributed by atoms with Crippen molar-refractivity contribution in [3.8, 4) is 0 Å². The van der Waals surface area contributed by atoms with Crippen molar-refractivity contribution in [3.05, 3.63) is 46.2 Å². The Morgan fingerprint density at radius 1 is 1.17 bits per heavy atom. The van der Waals surface area contributed by atoms with Gasteiger partial charge in [-0.25, -0.2) is 4.79 Å². The minimum absolute atomic E-state index is 0.00345. The fourth-order valence-corrected chi connectivity index (χ4v) is 2.46. The average molecular weight is 332 g/mol. The maximum Gasteiger partial charge on any atom is 0.342 e. The lowest BCUT2D eigenvalue weighted by atomic mass is 9.88. The highest BCUT2D eigenvalue weighted by molar-refractivity contribution is 6.29. The Kier molecular flexibility index (Phi) is 3.54. The van der Waals surface area contributed by atoms with Gasteiger partial charge < -0.3 is 19.0 Å². The molecule has 1 atom stereocenters. The zero-order valence-electron chi connectivity index (χ0n) is 12.9. The summed E-state index contributed by atoms with van der Waals surface area (Å²) in [4.78, 5) is 37.4. The topological polar surface area (TPSA) is 129 Å². The van der Waals surface area contributed by atoms with Crippen molar-refractivity contribution < 1.29 is 33.4 Å². The lowest BCUT2D eigenvalue weighted by molar-refractivity contribution is -0.191. The Balaban J connectivity index is 2.35. The molecule has 2 aromatic rings. The van der Waals surface area contributed by atoms with Crippen molar-refractivity contribution in [2.75, 3.05) is 14.2 Å². The number of nitrogens with zero attached hydrogens (tertiary/aromatic N) is 2. The first-order chi connectivity index (χ1) is 11.3. The molecule has 2 heterocycles. The third kappa shape index (κ3) is 2.06. The molecule has 9 heteroatoms. The van der Waals surface area contributed by atoms with Crippen LogP contribution >= 0.6 is 0 Å². The molecule has 0 fully saturated rings. The van der Waals surface area contributed by atoms with E-state index in [0.717, 1.165) is 19.5 Å². The molecule has 0 amide bonds. The van der Waals surface area contributed by atoms with Crippen molar-refractivity contribution in [1.29, 1.82) is 0 Å². The van der Waals surface area contributed by atoms with Crippen LogP contribution in [0.25, 0.3) is 0 Å². The first kappa shape index (κ1) is 16.0. The Bertz CT molecular complexity index is 882. The molecular formula is C15H12N2O7. The maximum atomic E-state index is 12.7. The third-order valence-corrected chi connectivity index (χ3v) is 3.77. The predicted octanol–water partition coefficient (Wildman–Crippen LogP) is 0.443. The van der Waals surface area contributed by atoms with Crippen LogP contribution in [0.3, 0.4) is 0 Å². The summed E-state index contributed by atoms with van der Waals surface area (Å²) in [5.74, 6) is -5.08. The molecule has 1 aliphatic carbocycles. The molecule has 3 rings (SSSR count). The number of fused-ring (bicyclic) bond motifs is 2. The van der Waals surface area contributed by atoms with E-state index in [2.05, 4.69) is 14.9 Å². The monoisotopic (exact) mass is 332 g/mol. The van der Waals surface area contributed by atoms with E-state index in [9.17, 15) is 19.5 Å². The van der Waals surface area contributed by atoms with Crippen LogP contribution in [0, 0.1) is 0 Å². The molecule has 0 aliphatic heterocycles. The van der Waals surface area contributed by atoms with Crippen molar-refractivity contribution in [2.24, 2.45) is 0 Å². The third-order valence-electron chi connectivity index (χ3n) is 3.77. The standard InChI is InChI=1S/C15H12N2O7/c1-15(21,23-3)13-9(14(20)22-2)8-10(18)6-4-16-17-5-7(6)11(19)12(8)24-13/h4-5,21H,1-3H3. The number of carbonyl (C=O) groups is 3. The first-order valence-electron chi connectivity index (χ1n) is 6.76. The van der Waals surface area contributed by atoms with Gasteiger partial charge in [0.15, 0.2) is 17.3 Å². The fourth-order valence-electron chi connectivity index (χ4n) is 2.46. The molecule has 0 aromatic carbocycles. The summed E-state index contributed by atoms with van der Waals surface area (Å²) in [6.07, 6.45) is 2.26. The number of hydrogen-bond donors (Lipinski definition) is 1. The van der Waals surface area contributed by atoms with E-state index < -0.39 is 29.1 Å². The molecule has 24 heavy (non-hydrogen) atoms. The van der Waals surface area contributed by atoms with Crippen molar-refractivity contribution in [2.45, 2.75) is 12.7 Å². The van der Waals surface area contributed by atoms with Crippen LogP contribution in [-0.4, -0.2) is 47.1 Å². The molecule has 124 valence electrons. The minimum Gasteiger partial charge on any atom is -0.465 e. The molecule has 1 unspecified atom stereocenters. The summed E-state index contributed by atoms with van der Waals surface area (Å²) < 4.78 is 14.9. The quantitative estimate of drug-likeness (QED) is 0.536. The van der Waals surface area contributed by atoms with Gasteiger partial charge in [-0.05, 0) is 6.92 Å². The van der Waals surface area contributed by atoms with Gasteiger partial charge in [0.05, 0.1) is 36.2 Å². The number of hydrogen-bond acceptors (Lipinski definition) is 9. The molecule has 0 saturated heterocycles. The predicted molar refractivity (Wildman–Crippen MR) is 75.5 cm³/mol. The number of aromatic nitrogens is 2. The fraction of sp³-hybridized carbons (Fsp3) is 0.267. The summed E-state index contributed by atoms with van der Waals surface area (Å²) in [7, 11) is 2.27. The number of ketones is 2. The second kappa shape index (κ2) is 5.32. The van der Waals surface area contributed by atoms with Crippen LogP contribution in [0.4, 0.5) is 0 Å². The molecule has 0 radical (unpaired) electrons. The van der Waals surface area contributed by atoms with Crippen molar-refractivity contribution >= 4 is 17.5 Å². The molecule has 0 bridgehead atoms. The molecule has 1 aliphatic rings. The molecule has 0 saturated carbocycles. The van der Waals surface area contributed by atoms with Gasteiger partial charge >= 0.3 is 5.97 Å². The van der Waals surface area contributed by atoms with Gasteiger partial charge in [0, 0.05) is 7.11 Å². The molecule has 2 aromatic heterocycles. The van der Waals surface area contributed by atoms with Crippen LogP contribution in [0.15, 0.2) is 16.8 Å². The van der Waals surface area contributed by atoms with E-state index in [4.69, 9.17) is 9.15 Å². The van der Waals surface area contributed by atoms with Gasteiger partial charge in [0.25, 0.3) is 0 Å². The normalized spacial score (nSPS) is 15.5. The zero-order valence-corrected chi connectivity index (χ0v) is 12.9. The Labute approximate surface area is 135 Å². The summed E-state index contributed by atoms with van der Waals surface area (Å²) in [5.41, 5.74) is -0.673. The van der Waals surface area contributed by atoms with Gasteiger partial charge in [-0.1, -0.05) is 0 Å². The van der Waals surface area contributed by atoms with Gasteiger partial charge in [-0.3, -0.25) is 9.59 Å². The maximum absolute atomic E-state index is 12.7. The van der Waals surface area contributed by atoms with Crippen LogP contribution < -0.4 is 0 Å². The Morgan fingerprint density at radius 2 is 1.75 bits per heavy atom. The van der Waals surface area contributed by atoms with Crippen LogP contribution in [-0.2, 0) is 15.3 Å². The van der Waals surface area contributed by atoms with Gasteiger partial charge in [-0.15, -0.1) is 0 Å². The number of aliphatic hydroxyl groups is 1. The van der Waals surface area contributed by atoms with Crippen LogP contribution in [0.1, 0.15) is 55.1 Å². The zero-order chi connectivity index (χ0) is 17.6. The average Bonchev–Trinajstić information content (AvgIpc) is 3.01. The van der Waals surface area contributed by atoms with Crippen molar-refractivity contribution in [1.82, 2.24) is 10.2 Å². The van der Waals surface area contributed by atoms with E-state index in [-0.39, 0.29) is 28.0 Å². The largest absolute Gasteiger partial charge is 0.465 e. The van der Waals surface area contributed by atoms with E-state index in [1.165, 1.54) is 14.0 Å². The minimum atomic E-state index is -2.05. The van der Waals surface area contributed by atoms with Crippen LogP contribution in [0.2, 0.25) is 0 Å². The number of carbonyl (C=O) groups excluding carboxylic acids is 3. The smallest absolute Gasteiger partial charge is 0.342 e. The second-order valence-electron chi connectivity index (χ2n) is 5.16. The first-order valence-corrected chi connectivity index (χ1v) is 6.76. The number of esters is 1. The lowest BCUT2D eigenvalue weighted by Gasteiger charge is -2.19. The summed E-state index contributed by atoms with van der Waals surface area (Å²) in [6.45, 7) is 1.20. The number of furan rings is 1. The lowest BCUT2D eigenvalue weighted by Crippen LogP contribution is -2.26. The van der Waals surface area contributed by atoms with E-state index in [1.807, 2.05) is 0 Å². The highest BCUT2D eigenvalue weighted by Crippen LogP contribution is 2.37.